The Bertz CT molecular complexity index is 942. The van der Waals surface area contributed by atoms with Crippen molar-refractivity contribution in [3.63, 3.8) is 0 Å². The quantitative estimate of drug-likeness (QED) is 0.697. The number of nitrogens with one attached hydrogen (secondary N) is 2. The zero-order chi connectivity index (χ0) is 20.9. The second-order valence-electron chi connectivity index (χ2n) is 6.61. The van der Waals surface area contributed by atoms with Crippen molar-refractivity contribution in [3.05, 3.63) is 53.6 Å². The molecule has 9 heteroatoms. The topological polar surface area (TPSA) is 84.5 Å². The SMILES string of the molecule is Cc1cc(S(=O)(=O)NCC(C)C)ccc1OCC(=O)Nc1c(F)cccc1F. The minimum absolute atomic E-state index is 0.0795. The molecule has 1 amide bonds. The van der Waals surface area contributed by atoms with Gasteiger partial charge in [0.2, 0.25) is 10.0 Å². The summed E-state index contributed by atoms with van der Waals surface area (Å²) in [4.78, 5) is 12.0. The maximum atomic E-state index is 13.5. The van der Waals surface area contributed by atoms with Gasteiger partial charge in [-0.3, -0.25) is 4.79 Å². The molecule has 0 spiro atoms. The molecular formula is C19H22F2N2O4S. The molecular weight excluding hydrogens is 390 g/mol. The van der Waals surface area contributed by atoms with Gasteiger partial charge in [0, 0.05) is 6.54 Å². The van der Waals surface area contributed by atoms with E-state index in [2.05, 4.69) is 10.0 Å². The standard InChI is InChI=1S/C19H22F2N2O4S/c1-12(2)10-22-28(25,26)14-7-8-17(13(3)9-14)27-11-18(24)23-19-15(20)5-4-6-16(19)21/h4-9,12,22H,10-11H2,1-3H3,(H,23,24). The number of halogens is 2. The number of hydrogen-bond acceptors (Lipinski definition) is 4. The smallest absolute Gasteiger partial charge is 0.262 e. The molecule has 0 atom stereocenters. The van der Waals surface area contributed by atoms with Crippen molar-refractivity contribution in [2.45, 2.75) is 25.7 Å². The van der Waals surface area contributed by atoms with Gasteiger partial charge in [0.05, 0.1) is 4.90 Å². The van der Waals surface area contributed by atoms with Crippen LogP contribution in [0.5, 0.6) is 5.75 Å². The van der Waals surface area contributed by atoms with Crippen LogP contribution in [-0.2, 0) is 14.8 Å². The summed E-state index contributed by atoms with van der Waals surface area (Å²) < 4.78 is 59.4. The summed E-state index contributed by atoms with van der Waals surface area (Å²) in [5, 5.41) is 2.11. The average molecular weight is 412 g/mol. The summed E-state index contributed by atoms with van der Waals surface area (Å²) in [5.41, 5.74) is -0.0530. The summed E-state index contributed by atoms with van der Waals surface area (Å²) in [6, 6.07) is 7.44. The molecule has 2 rings (SSSR count). The van der Waals surface area contributed by atoms with E-state index in [4.69, 9.17) is 4.74 Å². The summed E-state index contributed by atoms with van der Waals surface area (Å²) in [7, 11) is -3.64. The highest BCUT2D eigenvalue weighted by atomic mass is 32.2. The third-order valence-corrected chi connectivity index (χ3v) is 5.15. The average Bonchev–Trinajstić information content (AvgIpc) is 2.62. The van der Waals surface area contributed by atoms with E-state index in [1.807, 2.05) is 13.8 Å². The van der Waals surface area contributed by atoms with Crippen molar-refractivity contribution in [2.75, 3.05) is 18.5 Å². The highest BCUT2D eigenvalue weighted by molar-refractivity contribution is 7.89. The van der Waals surface area contributed by atoms with E-state index in [1.54, 1.807) is 6.92 Å². The maximum absolute atomic E-state index is 13.5. The molecule has 0 bridgehead atoms. The number of aryl methyl sites for hydroxylation is 1. The lowest BCUT2D eigenvalue weighted by Crippen LogP contribution is -2.27. The van der Waals surface area contributed by atoms with Crippen molar-refractivity contribution >= 4 is 21.6 Å². The number of para-hydroxylation sites is 1. The number of anilines is 1. The second kappa shape index (κ2) is 9.11. The normalized spacial score (nSPS) is 11.5. The lowest BCUT2D eigenvalue weighted by molar-refractivity contribution is -0.118. The van der Waals surface area contributed by atoms with E-state index in [-0.39, 0.29) is 16.6 Å². The van der Waals surface area contributed by atoms with Gasteiger partial charge in [-0.05, 0) is 48.7 Å². The monoisotopic (exact) mass is 412 g/mol. The van der Waals surface area contributed by atoms with Crippen molar-refractivity contribution in [3.8, 4) is 5.75 Å². The molecule has 0 saturated heterocycles. The van der Waals surface area contributed by atoms with E-state index in [0.717, 1.165) is 12.1 Å². The molecule has 2 aromatic carbocycles. The summed E-state index contributed by atoms with van der Waals surface area (Å²) in [6.45, 7) is 5.23. The van der Waals surface area contributed by atoms with Gasteiger partial charge in [-0.25, -0.2) is 21.9 Å². The number of ether oxygens (including phenoxy) is 1. The van der Waals surface area contributed by atoms with Crippen LogP contribution in [0.25, 0.3) is 0 Å². The molecule has 0 radical (unpaired) electrons. The van der Waals surface area contributed by atoms with Crippen LogP contribution in [0.15, 0.2) is 41.3 Å². The van der Waals surface area contributed by atoms with Crippen molar-refractivity contribution in [1.29, 1.82) is 0 Å². The number of rotatable bonds is 8. The molecule has 0 aliphatic rings. The fraction of sp³-hybridized carbons (Fsp3) is 0.316. The Morgan fingerprint density at radius 3 is 2.36 bits per heavy atom. The molecule has 6 nitrogen and oxygen atoms in total. The van der Waals surface area contributed by atoms with E-state index in [9.17, 15) is 22.0 Å². The second-order valence-corrected chi connectivity index (χ2v) is 8.37. The van der Waals surface area contributed by atoms with Crippen molar-refractivity contribution < 1.29 is 26.7 Å². The van der Waals surface area contributed by atoms with Gasteiger partial charge in [-0.1, -0.05) is 19.9 Å². The van der Waals surface area contributed by atoms with Crippen LogP contribution in [-0.4, -0.2) is 27.5 Å². The summed E-state index contributed by atoms with van der Waals surface area (Å²) >= 11 is 0. The van der Waals surface area contributed by atoms with Gasteiger partial charge >= 0.3 is 0 Å². The number of carbonyl (C=O) groups is 1. The third-order valence-electron chi connectivity index (χ3n) is 3.72. The molecule has 0 aliphatic carbocycles. The van der Waals surface area contributed by atoms with Crippen LogP contribution in [0.1, 0.15) is 19.4 Å². The lowest BCUT2D eigenvalue weighted by Gasteiger charge is -2.13. The minimum Gasteiger partial charge on any atom is -0.483 e. The predicted molar refractivity (Wildman–Crippen MR) is 102 cm³/mol. The Morgan fingerprint density at radius 2 is 1.79 bits per heavy atom. The van der Waals surface area contributed by atoms with Gasteiger partial charge in [-0.15, -0.1) is 0 Å². The number of amides is 1. The van der Waals surface area contributed by atoms with Gasteiger partial charge in [-0.2, -0.15) is 0 Å². The number of benzene rings is 2. The fourth-order valence-electron chi connectivity index (χ4n) is 2.25. The zero-order valence-corrected chi connectivity index (χ0v) is 16.6. The van der Waals surface area contributed by atoms with Gasteiger partial charge < -0.3 is 10.1 Å². The lowest BCUT2D eigenvalue weighted by atomic mass is 10.2. The van der Waals surface area contributed by atoms with Crippen molar-refractivity contribution in [1.82, 2.24) is 4.72 Å². The van der Waals surface area contributed by atoms with Crippen LogP contribution in [0.4, 0.5) is 14.5 Å². The van der Waals surface area contributed by atoms with Crippen molar-refractivity contribution in [2.24, 2.45) is 5.92 Å². The first-order valence-electron chi connectivity index (χ1n) is 8.57. The first-order valence-corrected chi connectivity index (χ1v) is 10.1. The molecule has 28 heavy (non-hydrogen) atoms. The Kier molecular flexibility index (Phi) is 7.09. The number of carbonyl (C=O) groups excluding carboxylic acids is 1. The van der Waals surface area contributed by atoms with Crippen LogP contribution in [0.3, 0.4) is 0 Å². The predicted octanol–water partition coefficient (Wildman–Crippen LogP) is 3.23. The van der Waals surface area contributed by atoms with Crippen LogP contribution in [0, 0.1) is 24.5 Å². The minimum atomic E-state index is -3.64. The molecule has 0 unspecified atom stereocenters. The number of hydrogen-bond donors (Lipinski definition) is 2. The first-order chi connectivity index (χ1) is 13.1. The first kappa shape index (κ1) is 21.8. The Morgan fingerprint density at radius 1 is 1.14 bits per heavy atom. The van der Waals surface area contributed by atoms with Crippen LogP contribution in [0.2, 0.25) is 0 Å². The van der Waals surface area contributed by atoms with E-state index in [1.165, 1.54) is 24.3 Å². The third kappa shape index (κ3) is 5.74. The zero-order valence-electron chi connectivity index (χ0n) is 15.8. The van der Waals surface area contributed by atoms with Gasteiger partial charge in [0.25, 0.3) is 5.91 Å². The molecule has 0 fully saturated rings. The van der Waals surface area contributed by atoms with Gasteiger partial charge in [0.15, 0.2) is 6.61 Å². The summed E-state index contributed by atoms with van der Waals surface area (Å²) in [5.74, 6) is -2.09. The van der Waals surface area contributed by atoms with E-state index >= 15 is 0 Å². The molecule has 152 valence electrons. The van der Waals surface area contributed by atoms with E-state index < -0.39 is 39.9 Å². The molecule has 0 heterocycles. The highest BCUT2D eigenvalue weighted by Gasteiger charge is 2.17. The number of sulfonamides is 1. The van der Waals surface area contributed by atoms with Crippen LogP contribution < -0.4 is 14.8 Å². The molecule has 2 N–H and O–H groups in total. The largest absolute Gasteiger partial charge is 0.483 e. The molecule has 0 saturated carbocycles. The molecule has 0 aliphatic heterocycles. The van der Waals surface area contributed by atoms with Gasteiger partial charge in [0.1, 0.15) is 23.1 Å². The summed E-state index contributed by atoms with van der Waals surface area (Å²) in [6.07, 6.45) is 0. The Hall–Kier alpha value is -2.52. The van der Waals surface area contributed by atoms with E-state index in [0.29, 0.717) is 12.1 Å². The highest BCUT2D eigenvalue weighted by Crippen LogP contribution is 2.22. The fourth-order valence-corrected chi connectivity index (χ4v) is 3.55. The molecule has 0 aromatic heterocycles. The Labute approximate surface area is 163 Å². The maximum Gasteiger partial charge on any atom is 0.262 e. The molecule has 2 aromatic rings. The van der Waals surface area contributed by atoms with Crippen LogP contribution >= 0.6 is 0 Å². The Balaban J connectivity index is 2.02.